The van der Waals surface area contributed by atoms with Gasteiger partial charge >= 0.3 is 0 Å². The van der Waals surface area contributed by atoms with E-state index in [4.69, 9.17) is 0 Å². The number of hydrogen-bond acceptors (Lipinski definition) is 8. The van der Waals surface area contributed by atoms with Crippen LogP contribution in [-0.4, -0.2) is 70.4 Å². The van der Waals surface area contributed by atoms with Crippen LogP contribution in [0.1, 0.15) is 51.0 Å². The minimum absolute atomic E-state index is 0.0420. The summed E-state index contributed by atoms with van der Waals surface area (Å²) in [7, 11) is -3.82. The van der Waals surface area contributed by atoms with Gasteiger partial charge in [-0.1, -0.05) is 25.2 Å². The first-order valence-corrected chi connectivity index (χ1v) is 14.7. The van der Waals surface area contributed by atoms with E-state index in [2.05, 4.69) is 24.9 Å². The number of carbonyl (C=O) groups is 1. The molecule has 0 radical (unpaired) electrons. The van der Waals surface area contributed by atoms with Crippen LogP contribution < -0.4 is 9.62 Å². The average Bonchev–Trinajstić information content (AvgIpc) is 3.24. The first kappa shape index (κ1) is 24.6. The van der Waals surface area contributed by atoms with Crippen molar-refractivity contribution in [2.45, 2.75) is 69.0 Å². The Morgan fingerprint density at radius 1 is 1.11 bits per heavy atom. The van der Waals surface area contributed by atoms with Crippen LogP contribution in [0.4, 0.5) is 14.5 Å². The summed E-state index contributed by atoms with van der Waals surface area (Å²) < 4.78 is 56.9. The van der Waals surface area contributed by atoms with Crippen LogP contribution in [0.25, 0.3) is 16.0 Å². The molecule has 3 fully saturated rings. The fraction of sp³-hybridized carbons (Fsp3) is 0.565. The van der Waals surface area contributed by atoms with Crippen molar-refractivity contribution in [1.29, 1.82) is 0 Å². The summed E-state index contributed by atoms with van der Waals surface area (Å²) >= 11 is 0.711. The van der Waals surface area contributed by atoms with Crippen LogP contribution >= 0.6 is 11.3 Å². The van der Waals surface area contributed by atoms with Crippen molar-refractivity contribution in [3.63, 3.8) is 0 Å². The van der Waals surface area contributed by atoms with Gasteiger partial charge in [-0.25, -0.2) is 26.6 Å². The highest BCUT2D eigenvalue weighted by Crippen LogP contribution is 2.39. The molecule has 10 nitrogen and oxygen atoms in total. The SMILES string of the molecule is CC(C)C(=O)N1[C@@H]2CC[C@H]1CN(c1cc(S(=O)(=O)NC3CC3)cc3c1cnn3-c1nnc(C(F)F)s1)C2. The maximum atomic E-state index is 13.2. The minimum atomic E-state index is -3.82. The quantitative estimate of drug-likeness (QED) is 0.480. The smallest absolute Gasteiger partial charge is 0.291 e. The predicted octanol–water partition coefficient (Wildman–Crippen LogP) is 3.09. The van der Waals surface area contributed by atoms with Crippen molar-refractivity contribution in [2.24, 2.45) is 5.92 Å². The average molecular weight is 552 g/mol. The van der Waals surface area contributed by atoms with Crippen molar-refractivity contribution < 1.29 is 22.0 Å². The molecule has 3 aliphatic rings. The molecule has 2 aromatic heterocycles. The normalized spacial score (nSPS) is 22.1. The third-order valence-electron chi connectivity index (χ3n) is 7.22. The van der Waals surface area contributed by atoms with Crippen molar-refractivity contribution in [3.8, 4) is 5.13 Å². The lowest BCUT2D eigenvalue weighted by molar-refractivity contribution is -0.137. The lowest BCUT2D eigenvalue weighted by Crippen LogP contribution is -2.56. The number of aromatic nitrogens is 4. The van der Waals surface area contributed by atoms with Gasteiger partial charge in [0.2, 0.25) is 21.1 Å². The Morgan fingerprint density at radius 2 is 1.81 bits per heavy atom. The van der Waals surface area contributed by atoms with Crippen molar-refractivity contribution in [1.82, 2.24) is 29.6 Å². The summed E-state index contributed by atoms with van der Waals surface area (Å²) in [5.74, 6) is 0.0489. The lowest BCUT2D eigenvalue weighted by atomic mass is 10.1. The van der Waals surface area contributed by atoms with Gasteiger partial charge in [0.25, 0.3) is 6.43 Å². The van der Waals surface area contributed by atoms with Crippen LogP contribution in [0.15, 0.2) is 23.2 Å². The molecule has 14 heteroatoms. The number of nitrogens with one attached hydrogen (secondary N) is 1. The summed E-state index contributed by atoms with van der Waals surface area (Å²) in [6, 6.07) is 3.17. The number of sulfonamides is 1. The predicted molar refractivity (Wildman–Crippen MR) is 134 cm³/mol. The molecule has 1 aromatic carbocycles. The Labute approximate surface area is 216 Å². The van der Waals surface area contributed by atoms with Gasteiger partial charge in [0.05, 0.1) is 16.6 Å². The Kier molecular flexibility index (Phi) is 5.95. The van der Waals surface area contributed by atoms with E-state index in [-0.39, 0.29) is 40.0 Å². The summed E-state index contributed by atoms with van der Waals surface area (Å²) in [6.07, 6.45) is 2.22. The molecule has 4 heterocycles. The van der Waals surface area contributed by atoms with Gasteiger partial charge in [0.1, 0.15) is 0 Å². The number of piperazine rings is 1. The highest BCUT2D eigenvalue weighted by atomic mass is 32.2. The molecular formula is C23H27F2N7O3S2. The Hall–Kier alpha value is -2.71. The molecule has 1 saturated carbocycles. The molecule has 2 atom stereocenters. The molecule has 3 aromatic rings. The topological polar surface area (TPSA) is 113 Å². The molecule has 1 N–H and O–H groups in total. The van der Waals surface area contributed by atoms with Crippen molar-refractivity contribution in [3.05, 3.63) is 23.3 Å². The van der Waals surface area contributed by atoms with E-state index in [1.807, 2.05) is 18.7 Å². The second-order valence-corrected chi connectivity index (χ2v) is 12.9. The van der Waals surface area contributed by atoms with Crippen LogP contribution in [0, 0.1) is 5.92 Å². The molecular weight excluding hydrogens is 524 g/mol. The molecule has 1 amide bonds. The summed E-state index contributed by atoms with van der Waals surface area (Å²) in [5, 5.41) is 12.2. The largest absolute Gasteiger partial charge is 0.367 e. The zero-order valence-electron chi connectivity index (χ0n) is 20.3. The number of fused-ring (bicyclic) bond motifs is 3. The number of alkyl halides is 2. The first-order valence-electron chi connectivity index (χ1n) is 12.4. The van der Waals surface area contributed by atoms with E-state index in [0.29, 0.717) is 41.0 Å². The van der Waals surface area contributed by atoms with Crippen LogP contribution in [0.5, 0.6) is 0 Å². The summed E-state index contributed by atoms with van der Waals surface area (Å²) in [6.45, 7) is 4.95. The van der Waals surface area contributed by atoms with E-state index in [1.165, 1.54) is 10.7 Å². The van der Waals surface area contributed by atoms with Gasteiger partial charge in [0, 0.05) is 48.2 Å². The van der Waals surface area contributed by atoms with Crippen LogP contribution in [-0.2, 0) is 14.8 Å². The standard InChI is InChI=1S/C23H27F2N7O3S2/c1-12(2)22(33)31-14-5-6-15(31)11-30(10-14)18-7-16(37(34,35)29-13-3-4-13)8-19-17(18)9-26-32(19)23-28-27-21(36-23)20(24)25/h7-9,12-15,20,29H,3-6,10-11H2,1-2H3/t14-,15+. The monoisotopic (exact) mass is 551 g/mol. The second kappa shape index (κ2) is 8.95. The van der Waals surface area contributed by atoms with E-state index >= 15 is 0 Å². The summed E-state index contributed by atoms with van der Waals surface area (Å²) in [5.41, 5.74) is 1.13. The van der Waals surface area contributed by atoms with Gasteiger partial charge in [-0.2, -0.15) is 5.10 Å². The van der Waals surface area contributed by atoms with Gasteiger partial charge < -0.3 is 9.80 Å². The minimum Gasteiger partial charge on any atom is -0.367 e. The van der Waals surface area contributed by atoms with E-state index in [9.17, 15) is 22.0 Å². The fourth-order valence-electron chi connectivity index (χ4n) is 5.30. The number of carbonyl (C=O) groups excluding carboxylic acids is 1. The highest BCUT2D eigenvalue weighted by molar-refractivity contribution is 7.89. The number of amides is 1. The zero-order valence-corrected chi connectivity index (χ0v) is 22.0. The number of halogens is 2. The molecule has 0 unspecified atom stereocenters. The maximum absolute atomic E-state index is 13.2. The molecule has 2 aliphatic heterocycles. The molecule has 37 heavy (non-hydrogen) atoms. The molecule has 1 aliphatic carbocycles. The molecule has 2 bridgehead atoms. The number of rotatable bonds is 7. The number of benzene rings is 1. The highest BCUT2D eigenvalue weighted by Gasteiger charge is 2.43. The Balaban J connectivity index is 1.44. The van der Waals surface area contributed by atoms with Gasteiger partial charge in [-0.3, -0.25) is 4.79 Å². The Bertz CT molecular complexity index is 1450. The van der Waals surface area contributed by atoms with Crippen LogP contribution in [0.2, 0.25) is 0 Å². The van der Waals surface area contributed by atoms with Crippen molar-refractivity contribution in [2.75, 3.05) is 18.0 Å². The van der Waals surface area contributed by atoms with Crippen molar-refractivity contribution >= 4 is 43.9 Å². The second-order valence-electron chi connectivity index (χ2n) is 10.2. The number of nitrogens with zero attached hydrogens (tertiary/aromatic N) is 6. The molecule has 2 saturated heterocycles. The fourth-order valence-corrected chi connectivity index (χ4v) is 7.31. The first-order chi connectivity index (χ1) is 17.6. The van der Waals surface area contributed by atoms with Crippen LogP contribution in [0.3, 0.4) is 0 Å². The molecule has 198 valence electrons. The number of anilines is 1. The van der Waals surface area contributed by atoms with E-state index < -0.39 is 21.5 Å². The van der Waals surface area contributed by atoms with E-state index in [1.54, 1.807) is 12.3 Å². The maximum Gasteiger partial charge on any atom is 0.291 e. The zero-order chi connectivity index (χ0) is 26.1. The molecule has 0 spiro atoms. The van der Waals surface area contributed by atoms with Gasteiger partial charge in [-0.05, 0) is 37.8 Å². The van der Waals surface area contributed by atoms with Gasteiger partial charge in [0.15, 0.2) is 5.01 Å². The van der Waals surface area contributed by atoms with Gasteiger partial charge in [-0.15, -0.1) is 10.2 Å². The summed E-state index contributed by atoms with van der Waals surface area (Å²) in [4.78, 5) is 17.1. The lowest BCUT2D eigenvalue weighted by Gasteiger charge is -2.43. The number of hydrogen-bond donors (Lipinski definition) is 1. The molecule has 6 rings (SSSR count). The third kappa shape index (κ3) is 4.38. The van der Waals surface area contributed by atoms with E-state index in [0.717, 1.165) is 25.7 Å². The third-order valence-corrected chi connectivity index (χ3v) is 9.62. The Morgan fingerprint density at radius 3 is 2.41 bits per heavy atom.